The van der Waals surface area contributed by atoms with Crippen molar-refractivity contribution in [1.29, 1.82) is 0 Å². The fourth-order valence-electron chi connectivity index (χ4n) is 4.35. The zero-order valence-electron chi connectivity index (χ0n) is 23.6. The Hall–Kier alpha value is -5.25. The van der Waals surface area contributed by atoms with Gasteiger partial charge in [0, 0.05) is 29.6 Å². The number of nitrogens with one attached hydrogen (secondary N) is 2. The number of amides is 1. The second-order valence-electron chi connectivity index (χ2n) is 10.5. The smallest absolute Gasteiger partial charge is 0.408 e. The van der Waals surface area contributed by atoms with Crippen LogP contribution in [0, 0.1) is 0 Å². The Kier molecular flexibility index (Phi) is 7.88. The van der Waals surface area contributed by atoms with Crippen molar-refractivity contribution in [2.24, 2.45) is 0 Å². The molecule has 0 aliphatic rings. The summed E-state index contributed by atoms with van der Waals surface area (Å²) < 4.78 is 27.5. The van der Waals surface area contributed by atoms with E-state index in [1.54, 1.807) is 58.3 Å². The fourth-order valence-corrected chi connectivity index (χ4v) is 4.35. The molecule has 5 aromatic rings. The van der Waals surface area contributed by atoms with E-state index in [1.165, 1.54) is 24.5 Å². The van der Waals surface area contributed by atoms with Gasteiger partial charge in [0.25, 0.3) is 0 Å². The largest absolute Gasteiger partial charge is 0.497 e. The first kappa shape index (κ1) is 28.3. The Morgan fingerprint density at radius 2 is 1.67 bits per heavy atom. The number of benzene rings is 3. The topological polar surface area (TPSA) is 129 Å². The minimum absolute atomic E-state index is 0.00207. The lowest BCUT2D eigenvalue weighted by Gasteiger charge is -2.23. The number of aromatic nitrogens is 1. The SMILES string of the molecule is COc1ccc(Oc2coc3cc(OC(=O)C(Cc4c[nH]c5ccccc45)NC(=O)OC(C)(C)C)ccc3c2=O)cc1. The van der Waals surface area contributed by atoms with E-state index in [0.29, 0.717) is 11.5 Å². The maximum atomic E-state index is 13.4. The molecule has 0 saturated heterocycles. The number of para-hydroxylation sites is 1. The van der Waals surface area contributed by atoms with E-state index in [4.69, 9.17) is 23.4 Å². The summed E-state index contributed by atoms with van der Waals surface area (Å²) in [6, 6.07) is 17.7. The van der Waals surface area contributed by atoms with Gasteiger partial charge in [-0.1, -0.05) is 18.2 Å². The van der Waals surface area contributed by atoms with Gasteiger partial charge in [-0.05, 0) is 68.8 Å². The van der Waals surface area contributed by atoms with Gasteiger partial charge in [-0.25, -0.2) is 9.59 Å². The first-order valence-corrected chi connectivity index (χ1v) is 13.2. The third-order valence-electron chi connectivity index (χ3n) is 6.29. The Labute approximate surface area is 241 Å². The number of fused-ring (bicyclic) bond motifs is 2. The number of esters is 1. The number of rotatable bonds is 8. The monoisotopic (exact) mass is 570 g/mol. The normalized spacial score (nSPS) is 12.1. The first-order chi connectivity index (χ1) is 20.1. The van der Waals surface area contributed by atoms with Gasteiger partial charge in [0.05, 0.1) is 12.5 Å². The average molecular weight is 571 g/mol. The summed E-state index contributed by atoms with van der Waals surface area (Å²) in [6.07, 6.45) is 2.39. The van der Waals surface area contributed by atoms with Crippen LogP contribution in [0.3, 0.4) is 0 Å². The number of aromatic amines is 1. The maximum Gasteiger partial charge on any atom is 0.408 e. The summed E-state index contributed by atoms with van der Waals surface area (Å²) in [5.41, 5.74) is 0.759. The molecule has 0 aliphatic heterocycles. The van der Waals surface area contributed by atoms with Crippen LogP contribution in [-0.2, 0) is 16.0 Å². The van der Waals surface area contributed by atoms with E-state index >= 15 is 0 Å². The predicted octanol–water partition coefficient (Wildman–Crippen LogP) is 6.12. The molecule has 10 heteroatoms. The molecule has 0 bridgehead atoms. The van der Waals surface area contributed by atoms with Crippen LogP contribution < -0.4 is 25.0 Å². The molecule has 5 rings (SSSR count). The number of ether oxygens (including phenoxy) is 4. The van der Waals surface area contributed by atoms with Crippen LogP contribution >= 0.6 is 0 Å². The van der Waals surface area contributed by atoms with Crippen LogP contribution in [0.15, 0.2) is 88.4 Å². The molecule has 0 fully saturated rings. The average Bonchev–Trinajstić information content (AvgIpc) is 3.36. The number of hydrogen-bond donors (Lipinski definition) is 2. The van der Waals surface area contributed by atoms with E-state index in [0.717, 1.165) is 16.5 Å². The van der Waals surface area contributed by atoms with E-state index in [-0.39, 0.29) is 28.9 Å². The lowest BCUT2D eigenvalue weighted by atomic mass is 10.1. The number of carbonyl (C=O) groups is 2. The quantitative estimate of drug-likeness (QED) is 0.169. The summed E-state index contributed by atoms with van der Waals surface area (Å²) in [5.74, 6) is 0.506. The Morgan fingerprint density at radius 1 is 0.952 bits per heavy atom. The molecule has 42 heavy (non-hydrogen) atoms. The lowest BCUT2D eigenvalue weighted by molar-refractivity contribution is -0.136. The van der Waals surface area contributed by atoms with Crippen LogP contribution in [0.5, 0.6) is 23.0 Å². The molecule has 3 aromatic carbocycles. The van der Waals surface area contributed by atoms with E-state index in [1.807, 2.05) is 24.3 Å². The van der Waals surface area contributed by atoms with Crippen LogP contribution in [0.4, 0.5) is 4.79 Å². The highest BCUT2D eigenvalue weighted by atomic mass is 16.6. The minimum atomic E-state index is -1.07. The third-order valence-corrected chi connectivity index (χ3v) is 6.29. The molecule has 1 amide bonds. The molecular weight excluding hydrogens is 540 g/mol. The number of methoxy groups -OCH3 is 1. The summed E-state index contributed by atoms with van der Waals surface area (Å²) >= 11 is 0. The number of hydrogen-bond acceptors (Lipinski definition) is 8. The summed E-state index contributed by atoms with van der Waals surface area (Å²) in [7, 11) is 1.56. The molecule has 2 N–H and O–H groups in total. The van der Waals surface area contributed by atoms with Crippen LogP contribution in [0.1, 0.15) is 26.3 Å². The molecule has 216 valence electrons. The van der Waals surface area contributed by atoms with Gasteiger partial charge in [0.2, 0.25) is 11.2 Å². The van der Waals surface area contributed by atoms with Crippen molar-refractivity contribution < 1.29 is 33.0 Å². The highest BCUT2D eigenvalue weighted by Gasteiger charge is 2.27. The number of carbonyl (C=O) groups excluding carboxylic acids is 2. The molecule has 2 heterocycles. The fraction of sp³-hybridized carbons (Fsp3) is 0.219. The lowest BCUT2D eigenvalue weighted by Crippen LogP contribution is -2.46. The van der Waals surface area contributed by atoms with Gasteiger partial charge in [-0.15, -0.1) is 0 Å². The standard InChI is InChI=1S/C32H30N2O8/c1-32(2,3)42-31(37)34-26(15-19-17-33-25-8-6-5-7-23(19)25)30(36)41-22-13-14-24-27(16-22)39-18-28(29(24)35)40-21-11-9-20(38-4)10-12-21/h5-14,16-18,26,33H,15H2,1-4H3,(H,34,37). The van der Waals surface area contributed by atoms with E-state index < -0.39 is 29.1 Å². The zero-order valence-corrected chi connectivity index (χ0v) is 23.6. The molecule has 2 aromatic heterocycles. The second kappa shape index (κ2) is 11.7. The van der Waals surface area contributed by atoms with Gasteiger partial charge in [-0.3, -0.25) is 4.79 Å². The molecule has 0 spiro atoms. The van der Waals surface area contributed by atoms with Gasteiger partial charge in [0.15, 0.2) is 0 Å². The van der Waals surface area contributed by atoms with Crippen molar-refractivity contribution in [3.05, 3.63) is 95.0 Å². The van der Waals surface area contributed by atoms with Gasteiger partial charge in [0.1, 0.15) is 40.7 Å². The molecule has 10 nitrogen and oxygen atoms in total. The minimum Gasteiger partial charge on any atom is -0.497 e. The van der Waals surface area contributed by atoms with Gasteiger partial charge in [-0.2, -0.15) is 0 Å². The van der Waals surface area contributed by atoms with E-state index in [9.17, 15) is 14.4 Å². The van der Waals surface area contributed by atoms with Crippen molar-refractivity contribution in [3.8, 4) is 23.0 Å². The van der Waals surface area contributed by atoms with Crippen molar-refractivity contribution in [3.63, 3.8) is 0 Å². The maximum absolute atomic E-state index is 13.4. The van der Waals surface area contributed by atoms with Crippen LogP contribution in [-0.4, -0.2) is 35.8 Å². The summed E-state index contributed by atoms with van der Waals surface area (Å²) in [6.45, 7) is 5.20. The molecule has 0 saturated carbocycles. The highest BCUT2D eigenvalue weighted by molar-refractivity contribution is 5.87. The molecule has 0 aliphatic carbocycles. The predicted molar refractivity (Wildman–Crippen MR) is 156 cm³/mol. The Bertz CT molecular complexity index is 1800. The number of H-pyrrole nitrogens is 1. The summed E-state index contributed by atoms with van der Waals surface area (Å²) in [5, 5.41) is 3.79. The van der Waals surface area contributed by atoms with Crippen molar-refractivity contribution in [2.45, 2.75) is 38.8 Å². The zero-order chi connectivity index (χ0) is 29.9. The van der Waals surface area contributed by atoms with Gasteiger partial charge >= 0.3 is 12.1 Å². The van der Waals surface area contributed by atoms with Crippen molar-refractivity contribution in [1.82, 2.24) is 10.3 Å². The highest BCUT2D eigenvalue weighted by Crippen LogP contribution is 2.26. The van der Waals surface area contributed by atoms with Crippen LogP contribution in [0.25, 0.3) is 21.9 Å². The first-order valence-electron chi connectivity index (χ1n) is 13.2. The molecular formula is C32H30N2O8. The second-order valence-corrected chi connectivity index (χ2v) is 10.5. The molecule has 1 atom stereocenters. The van der Waals surface area contributed by atoms with E-state index in [2.05, 4.69) is 10.3 Å². The molecule has 1 unspecified atom stereocenters. The third kappa shape index (κ3) is 6.55. The van der Waals surface area contributed by atoms with Crippen molar-refractivity contribution in [2.75, 3.05) is 7.11 Å². The molecule has 0 radical (unpaired) electrons. The van der Waals surface area contributed by atoms with Gasteiger partial charge < -0.3 is 33.7 Å². The Balaban J connectivity index is 1.36. The van der Waals surface area contributed by atoms with Crippen LogP contribution in [0.2, 0.25) is 0 Å². The number of alkyl carbamates (subject to hydrolysis) is 1. The Morgan fingerprint density at radius 3 is 2.40 bits per heavy atom. The summed E-state index contributed by atoms with van der Waals surface area (Å²) in [4.78, 5) is 42.2. The van der Waals surface area contributed by atoms with Crippen molar-refractivity contribution >= 4 is 33.9 Å².